The second-order valence-electron chi connectivity index (χ2n) is 6.38. The first-order valence-electron chi connectivity index (χ1n) is 7.23. The van der Waals surface area contributed by atoms with Crippen LogP contribution in [-0.2, 0) is 14.2 Å². The van der Waals surface area contributed by atoms with E-state index in [0.717, 1.165) is 13.1 Å². The van der Waals surface area contributed by atoms with E-state index in [4.69, 9.17) is 14.2 Å². The number of ether oxygens (including phenoxy) is 3. The molecule has 6 nitrogen and oxygen atoms in total. The molecule has 0 spiro atoms. The van der Waals surface area contributed by atoms with Crippen LogP contribution in [-0.4, -0.2) is 80.1 Å². The Morgan fingerprint density at radius 1 is 1.15 bits per heavy atom. The van der Waals surface area contributed by atoms with Crippen molar-refractivity contribution in [2.75, 3.05) is 46.5 Å². The molecule has 2 aliphatic rings. The Kier molecular flexibility index (Phi) is 4.88. The highest BCUT2D eigenvalue weighted by Crippen LogP contribution is 2.19. The highest BCUT2D eigenvalue weighted by Gasteiger charge is 2.36. The van der Waals surface area contributed by atoms with Gasteiger partial charge in [-0.05, 0) is 20.8 Å². The predicted molar refractivity (Wildman–Crippen MR) is 74.8 cm³/mol. The lowest BCUT2D eigenvalue weighted by atomic mass is 10.1. The van der Waals surface area contributed by atoms with Crippen LogP contribution >= 0.6 is 0 Å². The Morgan fingerprint density at radius 2 is 1.80 bits per heavy atom. The van der Waals surface area contributed by atoms with Gasteiger partial charge in [0.15, 0.2) is 0 Å². The van der Waals surface area contributed by atoms with Gasteiger partial charge in [-0.3, -0.25) is 4.90 Å². The topological polar surface area (TPSA) is 51.2 Å². The van der Waals surface area contributed by atoms with Gasteiger partial charge in [0.1, 0.15) is 5.60 Å². The molecule has 6 heteroatoms. The monoisotopic (exact) mass is 286 g/mol. The van der Waals surface area contributed by atoms with Crippen molar-refractivity contribution in [1.29, 1.82) is 0 Å². The standard InChI is InChI=1S/C14H26N2O4/c1-14(2,3)20-13(17)16-7-5-15(6-8-16)11-9-19-10-12(11)18-4/h11-12H,5-10H2,1-4H3/t11-,12+/m1/s1. The average Bonchev–Trinajstić information content (AvgIpc) is 2.85. The van der Waals surface area contributed by atoms with Gasteiger partial charge < -0.3 is 19.1 Å². The molecule has 20 heavy (non-hydrogen) atoms. The first-order chi connectivity index (χ1) is 9.40. The van der Waals surface area contributed by atoms with E-state index in [9.17, 15) is 4.79 Å². The molecule has 2 aliphatic heterocycles. The van der Waals surface area contributed by atoms with Gasteiger partial charge in [-0.15, -0.1) is 0 Å². The lowest BCUT2D eigenvalue weighted by Gasteiger charge is -2.39. The number of carbonyl (C=O) groups is 1. The fraction of sp³-hybridized carbons (Fsp3) is 0.929. The molecule has 0 saturated carbocycles. The van der Waals surface area contributed by atoms with Crippen LogP contribution in [0.1, 0.15) is 20.8 Å². The minimum atomic E-state index is -0.436. The summed E-state index contributed by atoms with van der Waals surface area (Å²) in [5.74, 6) is 0. The zero-order chi connectivity index (χ0) is 14.8. The zero-order valence-electron chi connectivity index (χ0n) is 12.9. The molecular formula is C14H26N2O4. The van der Waals surface area contributed by atoms with Crippen molar-refractivity contribution in [3.63, 3.8) is 0 Å². The summed E-state index contributed by atoms with van der Waals surface area (Å²) in [6.45, 7) is 10.1. The maximum absolute atomic E-state index is 12.0. The fourth-order valence-electron chi connectivity index (χ4n) is 2.65. The van der Waals surface area contributed by atoms with Gasteiger partial charge in [-0.2, -0.15) is 0 Å². The van der Waals surface area contributed by atoms with Gasteiger partial charge in [0.25, 0.3) is 0 Å². The number of piperazine rings is 1. The lowest BCUT2D eigenvalue weighted by molar-refractivity contribution is -0.00310. The highest BCUT2D eigenvalue weighted by molar-refractivity contribution is 5.68. The molecule has 0 bridgehead atoms. The largest absolute Gasteiger partial charge is 0.444 e. The quantitative estimate of drug-likeness (QED) is 0.756. The van der Waals surface area contributed by atoms with Crippen molar-refractivity contribution in [2.45, 2.75) is 38.5 Å². The summed E-state index contributed by atoms with van der Waals surface area (Å²) in [6.07, 6.45) is -0.0776. The molecule has 0 unspecified atom stereocenters. The normalized spacial score (nSPS) is 28.7. The first-order valence-corrected chi connectivity index (χ1v) is 7.23. The van der Waals surface area contributed by atoms with E-state index < -0.39 is 5.60 Å². The van der Waals surface area contributed by atoms with Crippen LogP contribution in [0.25, 0.3) is 0 Å². The molecule has 2 heterocycles. The first kappa shape index (κ1) is 15.5. The molecular weight excluding hydrogens is 260 g/mol. The number of amides is 1. The molecule has 2 rings (SSSR count). The SMILES string of the molecule is CO[C@H]1COC[C@H]1N1CCN(C(=O)OC(C)(C)C)CC1. The average molecular weight is 286 g/mol. The second kappa shape index (κ2) is 6.28. The van der Waals surface area contributed by atoms with Crippen LogP contribution in [0.2, 0.25) is 0 Å². The number of carbonyl (C=O) groups excluding carboxylic acids is 1. The maximum atomic E-state index is 12.0. The summed E-state index contributed by atoms with van der Waals surface area (Å²) >= 11 is 0. The molecule has 116 valence electrons. The number of hydrogen-bond donors (Lipinski definition) is 0. The van der Waals surface area contributed by atoms with Crippen LogP contribution in [0.15, 0.2) is 0 Å². The van der Waals surface area contributed by atoms with Crippen LogP contribution < -0.4 is 0 Å². The summed E-state index contributed by atoms with van der Waals surface area (Å²) in [7, 11) is 1.73. The van der Waals surface area contributed by atoms with E-state index >= 15 is 0 Å². The molecule has 2 atom stereocenters. The van der Waals surface area contributed by atoms with Gasteiger partial charge in [0.2, 0.25) is 0 Å². The number of rotatable bonds is 2. The predicted octanol–water partition coefficient (Wildman–Crippen LogP) is 0.953. The summed E-state index contributed by atoms with van der Waals surface area (Å²) in [5, 5.41) is 0. The molecule has 1 amide bonds. The van der Waals surface area contributed by atoms with E-state index in [2.05, 4.69) is 4.90 Å². The lowest BCUT2D eigenvalue weighted by Crippen LogP contribution is -2.55. The third-order valence-electron chi connectivity index (χ3n) is 3.74. The van der Waals surface area contributed by atoms with E-state index in [1.807, 2.05) is 20.8 Å². The van der Waals surface area contributed by atoms with Gasteiger partial charge in [0.05, 0.1) is 25.4 Å². The van der Waals surface area contributed by atoms with Crippen molar-refractivity contribution in [2.24, 2.45) is 0 Å². The Morgan fingerprint density at radius 3 is 2.35 bits per heavy atom. The Bertz CT molecular complexity index is 335. The Balaban J connectivity index is 1.82. The summed E-state index contributed by atoms with van der Waals surface area (Å²) < 4.78 is 16.3. The number of methoxy groups -OCH3 is 1. The van der Waals surface area contributed by atoms with Crippen molar-refractivity contribution < 1.29 is 19.0 Å². The van der Waals surface area contributed by atoms with Gasteiger partial charge in [0, 0.05) is 33.3 Å². The minimum Gasteiger partial charge on any atom is -0.444 e. The van der Waals surface area contributed by atoms with Crippen molar-refractivity contribution in [3.8, 4) is 0 Å². The molecule has 0 aliphatic carbocycles. The second-order valence-corrected chi connectivity index (χ2v) is 6.38. The molecule has 2 saturated heterocycles. The van der Waals surface area contributed by atoms with Crippen LogP contribution in [0.3, 0.4) is 0 Å². The van der Waals surface area contributed by atoms with E-state index in [1.54, 1.807) is 12.0 Å². The smallest absolute Gasteiger partial charge is 0.410 e. The molecule has 2 fully saturated rings. The van der Waals surface area contributed by atoms with Crippen LogP contribution in [0, 0.1) is 0 Å². The van der Waals surface area contributed by atoms with E-state index in [0.29, 0.717) is 32.3 Å². The Hall–Kier alpha value is -0.850. The fourth-order valence-corrected chi connectivity index (χ4v) is 2.65. The van der Waals surface area contributed by atoms with Crippen molar-refractivity contribution >= 4 is 6.09 Å². The van der Waals surface area contributed by atoms with Gasteiger partial charge >= 0.3 is 6.09 Å². The highest BCUT2D eigenvalue weighted by atomic mass is 16.6. The van der Waals surface area contributed by atoms with Crippen molar-refractivity contribution in [3.05, 3.63) is 0 Å². The van der Waals surface area contributed by atoms with E-state index in [1.165, 1.54) is 0 Å². The van der Waals surface area contributed by atoms with E-state index in [-0.39, 0.29) is 12.2 Å². The molecule has 0 aromatic rings. The summed E-state index contributed by atoms with van der Waals surface area (Å²) in [6, 6.07) is 0.306. The zero-order valence-corrected chi connectivity index (χ0v) is 12.9. The van der Waals surface area contributed by atoms with Gasteiger partial charge in [-0.25, -0.2) is 4.79 Å². The molecule has 0 N–H and O–H groups in total. The Labute approximate surface area is 120 Å². The summed E-state index contributed by atoms with van der Waals surface area (Å²) in [5.41, 5.74) is -0.436. The molecule has 0 aromatic heterocycles. The maximum Gasteiger partial charge on any atom is 0.410 e. The molecule has 0 radical (unpaired) electrons. The summed E-state index contributed by atoms with van der Waals surface area (Å²) in [4.78, 5) is 16.1. The van der Waals surface area contributed by atoms with Crippen molar-refractivity contribution in [1.82, 2.24) is 9.80 Å². The third-order valence-corrected chi connectivity index (χ3v) is 3.74. The third kappa shape index (κ3) is 3.84. The van der Waals surface area contributed by atoms with Crippen LogP contribution in [0.5, 0.6) is 0 Å². The van der Waals surface area contributed by atoms with Gasteiger partial charge in [-0.1, -0.05) is 0 Å². The van der Waals surface area contributed by atoms with Crippen LogP contribution in [0.4, 0.5) is 4.79 Å². The minimum absolute atomic E-state index is 0.142. The number of nitrogens with zero attached hydrogens (tertiary/aromatic N) is 2. The molecule has 0 aromatic carbocycles. The number of hydrogen-bond acceptors (Lipinski definition) is 5.